The Labute approximate surface area is 182 Å². The Morgan fingerprint density at radius 3 is 2.65 bits per heavy atom. The van der Waals surface area contributed by atoms with Crippen molar-refractivity contribution in [1.29, 1.82) is 5.26 Å². The molecule has 4 nitrogen and oxygen atoms in total. The van der Waals surface area contributed by atoms with Crippen molar-refractivity contribution in [2.45, 2.75) is 63.6 Å². The number of hydrogen-bond donors (Lipinski definition) is 1. The number of hydrogen-bond acceptors (Lipinski definition) is 3. The van der Waals surface area contributed by atoms with E-state index in [4.69, 9.17) is 5.26 Å². The van der Waals surface area contributed by atoms with E-state index >= 15 is 0 Å². The van der Waals surface area contributed by atoms with Crippen LogP contribution in [-0.4, -0.2) is 42.7 Å². The first-order valence-electron chi connectivity index (χ1n) is 11.1. The molecule has 168 valence electrons. The van der Waals surface area contributed by atoms with Crippen LogP contribution >= 0.6 is 0 Å². The Kier molecular flexibility index (Phi) is 8.14. The Bertz CT molecular complexity index is 820. The molecule has 1 N–H and O–H groups in total. The minimum Gasteiger partial charge on any atom is -0.353 e. The number of amides is 1. The monoisotopic (exact) mass is 433 g/mol. The van der Waals surface area contributed by atoms with Crippen molar-refractivity contribution in [3.05, 3.63) is 41.5 Å². The molecule has 1 aromatic carbocycles. The highest BCUT2D eigenvalue weighted by Gasteiger charge is 2.29. The first-order chi connectivity index (χ1) is 14.8. The molecule has 2 aliphatic rings. The highest BCUT2D eigenvalue weighted by Crippen LogP contribution is 2.29. The molecule has 1 fully saturated rings. The van der Waals surface area contributed by atoms with Crippen molar-refractivity contribution < 1.29 is 18.0 Å². The molecule has 31 heavy (non-hydrogen) atoms. The SMILES string of the molecule is N#Cc1cccc(C2=CCN(CCC3CCC(NC(=O)CCC(F)(F)F)CC3)CC2)c1. The number of rotatable bonds is 7. The number of alkyl halides is 3. The summed E-state index contributed by atoms with van der Waals surface area (Å²) >= 11 is 0. The lowest BCUT2D eigenvalue weighted by Crippen LogP contribution is -2.38. The Balaban J connectivity index is 1.34. The summed E-state index contributed by atoms with van der Waals surface area (Å²) < 4.78 is 36.7. The van der Waals surface area contributed by atoms with E-state index in [0.29, 0.717) is 11.5 Å². The zero-order valence-electron chi connectivity index (χ0n) is 17.8. The Hall–Kier alpha value is -2.33. The number of nitriles is 1. The van der Waals surface area contributed by atoms with Gasteiger partial charge in [0, 0.05) is 25.6 Å². The van der Waals surface area contributed by atoms with Gasteiger partial charge in [-0.05, 0) is 74.3 Å². The molecule has 1 saturated carbocycles. The molecule has 0 aromatic heterocycles. The summed E-state index contributed by atoms with van der Waals surface area (Å²) in [7, 11) is 0. The lowest BCUT2D eigenvalue weighted by atomic mass is 9.84. The molecular weight excluding hydrogens is 403 g/mol. The van der Waals surface area contributed by atoms with Gasteiger partial charge in [-0.3, -0.25) is 9.69 Å². The largest absolute Gasteiger partial charge is 0.389 e. The van der Waals surface area contributed by atoms with Gasteiger partial charge in [-0.1, -0.05) is 18.2 Å². The summed E-state index contributed by atoms with van der Waals surface area (Å²) in [5.41, 5.74) is 3.12. The van der Waals surface area contributed by atoms with Gasteiger partial charge in [-0.15, -0.1) is 0 Å². The standard InChI is InChI=1S/C24H30F3N3O/c25-24(26,27)12-8-23(31)29-22-6-4-18(5-7-22)9-13-30-14-10-20(11-15-30)21-3-1-2-19(16-21)17-28/h1-3,10,16,18,22H,4-9,11-15H2,(H,29,31). The lowest BCUT2D eigenvalue weighted by Gasteiger charge is -2.32. The third-order valence-electron chi connectivity index (χ3n) is 6.36. The van der Waals surface area contributed by atoms with Crippen LogP contribution in [-0.2, 0) is 4.79 Å². The first-order valence-corrected chi connectivity index (χ1v) is 11.1. The van der Waals surface area contributed by atoms with Crippen LogP contribution < -0.4 is 5.32 Å². The van der Waals surface area contributed by atoms with Crippen LogP contribution in [0.5, 0.6) is 0 Å². The van der Waals surface area contributed by atoms with E-state index in [2.05, 4.69) is 28.4 Å². The molecule has 0 saturated heterocycles. The molecule has 0 radical (unpaired) electrons. The van der Waals surface area contributed by atoms with Gasteiger partial charge in [-0.2, -0.15) is 18.4 Å². The van der Waals surface area contributed by atoms with Crippen LogP contribution in [0.4, 0.5) is 13.2 Å². The zero-order valence-corrected chi connectivity index (χ0v) is 17.8. The predicted octanol–water partition coefficient (Wildman–Crippen LogP) is 5.05. The fourth-order valence-corrected chi connectivity index (χ4v) is 4.48. The van der Waals surface area contributed by atoms with Gasteiger partial charge in [0.05, 0.1) is 18.1 Å². The van der Waals surface area contributed by atoms with E-state index in [0.717, 1.165) is 63.7 Å². The third-order valence-corrected chi connectivity index (χ3v) is 6.36. The van der Waals surface area contributed by atoms with E-state index in [1.54, 1.807) is 0 Å². The smallest absolute Gasteiger partial charge is 0.353 e. The molecule has 0 atom stereocenters. The van der Waals surface area contributed by atoms with Gasteiger partial charge >= 0.3 is 6.18 Å². The van der Waals surface area contributed by atoms with E-state index in [-0.39, 0.29) is 6.04 Å². The average Bonchev–Trinajstić information content (AvgIpc) is 2.77. The van der Waals surface area contributed by atoms with Gasteiger partial charge in [0.25, 0.3) is 0 Å². The summed E-state index contributed by atoms with van der Waals surface area (Å²) in [6, 6.07) is 9.96. The summed E-state index contributed by atoms with van der Waals surface area (Å²) in [5.74, 6) is 0.123. The summed E-state index contributed by atoms with van der Waals surface area (Å²) in [5, 5.41) is 11.8. The van der Waals surface area contributed by atoms with E-state index in [1.807, 2.05) is 18.2 Å². The van der Waals surface area contributed by atoms with Gasteiger partial charge in [0.2, 0.25) is 5.91 Å². The second-order valence-corrected chi connectivity index (χ2v) is 8.66. The summed E-state index contributed by atoms with van der Waals surface area (Å²) in [4.78, 5) is 14.1. The number of carbonyl (C=O) groups is 1. The number of benzene rings is 1. The highest BCUT2D eigenvalue weighted by atomic mass is 19.4. The number of halogens is 3. The quantitative estimate of drug-likeness (QED) is 0.654. The predicted molar refractivity (Wildman–Crippen MR) is 114 cm³/mol. The molecule has 1 aromatic rings. The zero-order chi connectivity index (χ0) is 22.3. The number of nitrogens with one attached hydrogen (secondary N) is 1. The topological polar surface area (TPSA) is 56.1 Å². The Morgan fingerprint density at radius 2 is 2.00 bits per heavy atom. The van der Waals surface area contributed by atoms with Gasteiger partial charge in [0.1, 0.15) is 0 Å². The second kappa shape index (κ2) is 10.8. The molecule has 7 heteroatoms. The fourth-order valence-electron chi connectivity index (χ4n) is 4.48. The van der Waals surface area contributed by atoms with E-state index < -0.39 is 24.9 Å². The van der Waals surface area contributed by atoms with Gasteiger partial charge in [0.15, 0.2) is 0 Å². The Morgan fingerprint density at radius 1 is 1.23 bits per heavy atom. The van der Waals surface area contributed by atoms with Crippen molar-refractivity contribution in [3.8, 4) is 6.07 Å². The van der Waals surface area contributed by atoms with Crippen molar-refractivity contribution >= 4 is 11.5 Å². The number of carbonyl (C=O) groups excluding carboxylic acids is 1. The van der Waals surface area contributed by atoms with Crippen LogP contribution in [0, 0.1) is 17.2 Å². The molecule has 3 rings (SSSR count). The molecule has 1 heterocycles. The molecule has 0 unspecified atom stereocenters. The maximum absolute atomic E-state index is 12.2. The minimum absolute atomic E-state index is 0.0154. The second-order valence-electron chi connectivity index (χ2n) is 8.66. The van der Waals surface area contributed by atoms with E-state index in [9.17, 15) is 18.0 Å². The van der Waals surface area contributed by atoms with Crippen molar-refractivity contribution in [2.75, 3.05) is 19.6 Å². The molecule has 1 amide bonds. The minimum atomic E-state index is -4.28. The maximum atomic E-state index is 12.2. The van der Waals surface area contributed by atoms with Gasteiger partial charge < -0.3 is 5.32 Å². The van der Waals surface area contributed by atoms with Crippen LogP contribution in [0.1, 0.15) is 62.5 Å². The molecule has 1 aliphatic heterocycles. The highest BCUT2D eigenvalue weighted by molar-refractivity contribution is 5.76. The molecule has 1 aliphatic carbocycles. The van der Waals surface area contributed by atoms with Gasteiger partial charge in [-0.25, -0.2) is 0 Å². The van der Waals surface area contributed by atoms with Crippen LogP contribution in [0.15, 0.2) is 30.3 Å². The van der Waals surface area contributed by atoms with E-state index in [1.165, 1.54) is 5.57 Å². The fraction of sp³-hybridized carbons (Fsp3) is 0.583. The average molecular weight is 434 g/mol. The van der Waals surface area contributed by atoms with Crippen molar-refractivity contribution in [2.24, 2.45) is 5.92 Å². The molecule has 0 spiro atoms. The molecular formula is C24H30F3N3O. The van der Waals surface area contributed by atoms with Crippen molar-refractivity contribution in [3.63, 3.8) is 0 Å². The summed E-state index contributed by atoms with van der Waals surface area (Å²) in [6.07, 6.45) is 2.27. The first kappa shape index (κ1) is 23.3. The third kappa shape index (κ3) is 7.70. The molecule has 0 bridgehead atoms. The summed E-state index contributed by atoms with van der Waals surface area (Å²) in [6.45, 7) is 2.96. The number of nitrogens with zero attached hydrogens (tertiary/aromatic N) is 2. The maximum Gasteiger partial charge on any atom is 0.389 e. The lowest BCUT2D eigenvalue weighted by molar-refractivity contribution is -0.144. The van der Waals surface area contributed by atoms with Crippen LogP contribution in [0.3, 0.4) is 0 Å². The van der Waals surface area contributed by atoms with Crippen LogP contribution in [0.2, 0.25) is 0 Å². The van der Waals surface area contributed by atoms with Crippen LogP contribution in [0.25, 0.3) is 5.57 Å². The normalized spacial score (nSPS) is 22.5. The van der Waals surface area contributed by atoms with Crippen molar-refractivity contribution in [1.82, 2.24) is 10.2 Å².